The largest absolute Gasteiger partial charge is 0.480 e. The van der Waals surface area contributed by atoms with E-state index in [1.54, 1.807) is 0 Å². The molecule has 2 fully saturated rings. The maximum atomic E-state index is 11.0. The van der Waals surface area contributed by atoms with Gasteiger partial charge in [0.15, 0.2) is 0 Å². The molecular weight excluding hydrogens is 208 g/mol. The van der Waals surface area contributed by atoms with Gasteiger partial charge >= 0.3 is 5.97 Å². The fraction of sp³-hybridized carbons (Fsp3) is 0.909. The molecule has 16 heavy (non-hydrogen) atoms. The van der Waals surface area contributed by atoms with Gasteiger partial charge in [-0.25, -0.2) is 0 Å². The number of likely N-dealkylation sites (tertiary alicyclic amines) is 1. The number of aliphatic carboxylic acids is 1. The van der Waals surface area contributed by atoms with E-state index in [-0.39, 0.29) is 0 Å². The summed E-state index contributed by atoms with van der Waals surface area (Å²) >= 11 is 0. The SMILES string of the molecule is CC(C1CCOC1)N1CCC(N)(C(=O)O)C1. The molecule has 0 aromatic carbocycles. The van der Waals surface area contributed by atoms with Crippen molar-refractivity contribution in [2.75, 3.05) is 26.3 Å². The summed E-state index contributed by atoms with van der Waals surface area (Å²) in [7, 11) is 0. The van der Waals surface area contributed by atoms with E-state index in [0.717, 1.165) is 26.2 Å². The molecule has 0 radical (unpaired) electrons. The summed E-state index contributed by atoms with van der Waals surface area (Å²) < 4.78 is 5.36. The molecule has 0 aromatic rings. The van der Waals surface area contributed by atoms with Crippen LogP contribution in [0.2, 0.25) is 0 Å². The van der Waals surface area contributed by atoms with Crippen LogP contribution in [0.25, 0.3) is 0 Å². The second-order valence-corrected chi connectivity index (χ2v) is 5.05. The van der Waals surface area contributed by atoms with E-state index in [1.165, 1.54) is 0 Å². The zero-order chi connectivity index (χ0) is 11.8. The number of carbonyl (C=O) groups is 1. The Morgan fingerprint density at radius 1 is 1.69 bits per heavy atom. The van der Waals surface area contributed by atoms with Crippen molar-refractivity contribution in [3.05, 3.63) is 0 Å². The van der Waals surface area contributed by atoms with Crippen molar-refractivity contribution < 1.29 is 14.6 Å². The first-order valence-electron chi connectivity index (χ1n) is 5.87. The summed E-state index contributed by atoms with van der Waals surface area (Å²) in [6.45, 7) is 5.01. The zero-order valence-corrected chi connectivity index (χ0v) is 9.69. The number of hydrogen-bond donors (Lipinski definition) is 2. The van der Waals surface area contributed by atoms with Crippen LogP contribution in [0.3, 0.4) is 0 Å². The van der Waals surface area contributed by atoms with Gasteiger partial charge in [-0.05, 0) is 25.7 Å². The third-order valence-electron chi connectivity index (χ3n) is 3.98. The minimum Gasteiger partial charge on any atom is -0.480 e. The summed E-state index contributed by atoms with van der Waals surface area (Å²) in [6, 6.07) is 0.368. The maximum absolute atomic E-state index is 11.0. The van der Waals surface area contributed by atoms with Gasteiger partial charge in [-0.1, -0.05) is 0 Å². The molecule has 92 valence electrons. The number of nitrogens with two attached hydrogens (primary N) is 1. The third kappa shape index (κ3) is 2.07. The molecule has 2 heterocycles. The normalized spacial score (nSPS) is 37.8. The molecule has 0 aromatic heterocycles. The van der Waals surface area contributed by atoms with Crippen molar-refractivity contribution >= 4 is 5.97 Å². The van der Waals surface area contributed by atoms with E-state index < -0.39 is 11.5 Å². The summed E-state index contributed by atoms with van der Waals surface area (Å²) in [6.07, 6.45) is 1.61. The number of hydrogen-bond acceptors (Lipinski definition) is 4. The second-order valence-electron chi connectivity index (χ2n) is 5.05. The molecule has 0 amide bonds. The standard InChI is InChI=1S/C11H20N2O3/c1-8(9-2-5-16-6-9)13-4-3-11(12,7-13)10(14)15/h8-9H,2-7,12H2,1H3,(H,14,15). The quantitative estimate of drug-likeness (QED) is 0.705. The second kappa shape index (κ2) is 4.31. The Bertz CT molecular complexity index is 278. The van der Waals surface area contributed by atoms with Gasteiger partial charge in [0.05, 0.1) is 6.61 Å². The van der Waals surface area contributed by atoms with E-state index in [4.69, 9.17) is 15.6 Å². The first kappa shape index (κ1) is 11.8. The molecule has 0 saturated carbocycles. The highest BCUT2D eigenvalue weighted by Crippen LogP contribution is 2.27. The number of rotatable bonds is 3. The number of carboxylic acid groups (broad SMARTS) is 1. The summed E-state index contributed by atoms with van der Waals surface area (Å²) in [4.78, 5) is 13.2. The lowest BCUT2D eigenvalue weighted by molar-refractivity contribution is -0.142. The minimum absolute atomic E-state index is 0.368. The Balaban J connectivity index is 1.95. The molecule has 3 atom stereocenters. The van der Waals surface area contributed by atoms with Crippen LogP contribution >= 0.6 is 0 Å². The van der Waals surface area contributed by atoms with Crippen molar-refractivity contribution in [1.82, 2.24) is 4.90 Å². The highest BCUT2D eigenvalue weighted by Gasteiger charge is 2.43. The first-order valence-corrected chi connectivity index (χ1v) is 5.87. The lowest BCUT2D eigenvalue weighted by atomic mass is 9.98. The first-order chi connectivity index (χ1) is 7.53. The average molecular weight is 228 g/mol. The van der Waals surface area contributed by atoms with Crippen LogP contribution in [0.15, 0.2) is 0 Å². The topological polar surface area (TPSA) is 75.8 Å². The Kier molecular flexibility index (Phi) is 3.19. The summed E-state index contributed by atoms with van der Waals surface area (Å²) in [5.74, 6) is -0.360. The molecule has 2 rings (SSSR count). The highest BCUT2D eigenvalue weighted by molar-refractivity contribution is 5.79. The Morgan fingerprint density at radius 3 is 2.94 bits per heavy atom. The van der Waals surface area contributed by atoms with Crippen molar-refractivity contribution in [2.24, 2.45) is 11.7 Å². The van der Waals surface area contributed by atoms with E-state index in [2.05, 4.69) is 11.8 Å². The monoisotopic (exact) mass is 228 g/mol. The van der Waals surface area contributed by atoms with Crippen LogP contribution in [0, 0.1) is 5.92 Å². The highest BCUT2D eigenvalue weighted by atomic mass is 16.5. The fourth-order valence-electron chi connectivity index (χ4n) is 2.62. The predicted octanol–water partition coefficient (Wildman–Crippen LogP) is -0.101. The molecule has 5 heteroatoms. The summed E-state index contributed by atoms with van der Waals surface area (Å²) in [5.41, 5.74) is 4.81. The van der Waals surface area contributed by atoms with Gasteiger partial charge in [0.2, 0.25) is 0 Å². The molecule has 2 aliphatic heterocycles. The lowest BCUT2D eigenvalue weighted by Gasteiger charge is -2.29. The fourth-order valence-corrected chi connectivity index (χ4v) is 2.62. The molecular formula is C11H20N2O3. The van der Waals surface area contributed by atoms with Gasteiger partial charge in [0.25, 0.3) is 0 Å². The van der Waals surface area contributed by atoms with Gasteiger partial charge in [0, 0.05) is 25.7 Å². The van der Waals surface area contributed by atoms with Crippen LogP contribution < -0.4 is 5.73 Å². The maximum Gasteiger partial charge on any atom is 0.325 e. The number of nitrogens with zero attached hydrogens (tertiary/aromatic N) is 1. The van der Waals surface area contributed by atoms with Crippen molar-refractivity contribution in [1.29, 1.82) is 0 Å². The predicted molar refractivity (Wildman–Crippen MR) is 59.1 cm³/mol. The van der Waals surface area contributed by atoms with E-state index in [9.17, 15) is 4.79 Å². The third-order valence-corrected chi connectivity index (χ3v) is 3.98. The molecule has 3 unspecified atom stereocenters. The molecule has 5 nitrogen and oxygen atoms in total. The summed E-state index contributed by atoms with van der Waals surface area (Å²) in [5, 5.41) is 9.06. The Morgan fingerprint density at radius 2 is 2.44 bits per heavy atom. The lowest BCUT2D eigenvalue weighted by Crippen LogP contribution is -2.51. The van der Waals surface area contributed by atoms with Crippen LogP contribution in [-0.2, 0) is 9.53 Å². The molecule has 2 saturated heterocycles. The zero-order valence-electron chi connectivity index (χ0n) is 9.69. The van der Waals surface area contributed by atoms with Crippen molar-refractivity contribution in [3.8, 4) is 0 Å². The van der Waals surface area contributed by atoms with Crippen LogP contribution in [0.4, 0.5) is 0 Å². The molecule has 2 aliphatic rings. The molecule has 0 aliphatic carbocycles. The Labute approximate surface area is 95.5 Å². The van der Waals surface area contributed by atoms with Gasteiger partial charge in [0.1, 0.15) is 5.54 Å². The van der Waals surface area contributed by atoms with Crippen LogP contribution in [0.1, 0.15) is 19.8 Å². The number of ether oxygens (including phenoxy) is 1. The van der Waals surface area contributed by atoms with Gasteiger partial charge in [-0.15, -0.1) is 0 Å². The average Bonchev–Trinajstić information content (AvgIpc) is 2.85. The van der Waals surface area contributed by atoms with E-state index in [1.807, 2.05) is 0 Å². The van der Waals surface area contributed by atoms with Crippen molar-refractivity contribution in [3.63, 3.8) is 0 Å². The van der Waals surface area contributed by atoms with Gasteiger partial charge in [-0.2, -0.15) is 0 Å². The Hall–Kier alpha value is -0.650. The number of carboxylic acids is 1. The van der Waals surface area contributed by atoms with Crippen LogP contribution in [-0.4, -0.2) is 53.9 Å². The molecule has 3 N–H and O–H groups in total. The molecule has 0 spiro atoms. The van der Waals surface area contributed by atoms with Gasteiger partial charge in [-0.3, -0.25) is 9.69 Å². The van der Waals surface area contributed by atoms with Crippen molar-refractivity contribution in [2.45, 2.75) is 31.3 Å². The van der Waals surface area contributed by atoms with Gasteiger partial charge < -0.3 is 15.6 Å². The molecule has 0 bridgehead atoms. The minimum atomic E-state index is -1.05. The van der Waals surface area contributed by atoms with Crippen LogP contribution in [0.5, 0.6) is 0 Å². The van der Waals surface area contributed by atoms with E-state index in [0.29, 0.717) is 24.9 Å². The van der Waals surface area contributed by atoms with E-state index >= 15 is 0 Å². The smallest absolute Gasteiger partial charge is 0.325 e.